The van der Waals surface area contributed by atoms with Gasteiger partial charge < -0.3 is 14.0 Å². The van der Waals surface area contributed by atoms with Crippen LogP contribution in [0, 0.1) is 0 Å². The van der Waals surface area contributed by atoms with Crippen LogP contribution in [0.15, 0.2) is 6.33 Å². The second-order valence-corrected chi connectivity index (χ2v) is 2.91. The highest BCUT2D eigenvalue weighted by atomic mass is 16.6. The summed E-state index contributed by atoms with van der Waals surface area (Å²) in [5.41, 5.74) is 0. The Labute approximate surface area is 76.7 Å². The molecule has 0 saturated carbocycles. The fourth-order valence-corrected chi connectivity index (χ4v) is 1.39. The average molecular weight is 183 g/mol. The van der Waals surface area contributed by atoms with E-state index in [4.69, 9.17) is 9.47 Å². The molecule has 13 heavy (non-hydrogen) atoms. The topological polar surface area (TPSA) is 49.2 Å². The molecule has 72 valence electrons. The van der Waals surface area contributed by atoms with Crippen molar-refractivity contribution in [3.8, 4) is 0 Å². The number of hydrogen-bond acceptors (Lipinski definition) is 4. The first-order chi connectivity index (χ1) is 6.42. The van der Waals surface area contributed by atoms with Crippen LogP contribution in [0.5, 0.6) is 0 Å². The molecule has 0 aliphatic carbocycles. The SMILES string of the molecule is CCn1cnnc1C1COCCO1. The molecule has 0 radical (unpaired) electrons. The summed E-state index contributed by atoms with van der Waals surface area (Å²) in [4.78, 5) is 0. The van der Waals surface area contributed by atoms with Crippen molar-refractivity contribution in [3.63, 3.8) is 0 Å². The van der Waals surface area contributed by atoms with E-state index >= 15 is 0 Å². The van der Waals surface area contributed by atoms with Gasteiger partial charge in [0.2, 0.25) is 0 Å². The van der Waals surface area contributed by atoms with Crippen molar-refractivity contribution in [3.05, 3.63) is 12.2 Å². The first kappa shape index (κ1) is 8.65. The van der Waals surface area contributed by atoms with Crippen molar-refractivity contribution in [1.82, 2.24) is 14.8 Å². The highest BCUT2D eigenvalue weighted by Crippen LogP contribution is 2.17. The van der Waals surface area contributed by atoms with Crippen LogP contribution in [-0.2, 0) is 16.0 Å². The zero-order valence-electron chi connectivity index (χ0n) is 7.64. The largest absolute Gasteiger partial charge is 0.376 e. The Morgan fingerprint density at radius 2 is 2.54 bits per heavy atom. The van der Waals surface area contributed by atoms with E-state index < -0.39 is 0 Å². The molecular formula is C8H13N3O2. The minimum atomic E-state index is -0.0452. The molecule has 1 fully saturated rings. The molecule has 0 bridgehead atoms. The molecule has 0 aromatic carbocycles. The zero-order chi connectivity index (χ0) is 9.10. The molecule has 5 heteroatoms. The molecular weight excluding hydrogens is 170 g/mol. The van der Waals surface area contributed by atoms with Gasteiger partial charge in [-0.05, 0) is 6.92 Å². The minimum absolute atomic E-state index is 0.0452. The second-order valence-electron chi connectivity index (χ2n) is 2.91. The van der Waals surface area contributed by atoms with Crippen LogP contribution < -0.4 is 0 Å². The Kier molecular flexibility index (Phi) is 2.56. The maximum Gasteiger partial charge on any atom is 0.164 e. The van der Waals surface area contributed by atoms with Gasteiger partial charge in [0.1, 0.15) is 12.4 Å². The van der Waals surface area contributed by atoms with Crippen molar-refractivity contribution in [2.75, 3.05) is 19.8 Å². The number of hydrogen-bond donors (Lipinski definition) is 0. The lowest BCUT2D eigenvalue weighted by Crippen LogP contribution is -2.24. The van der Waals surface area contributed by atoms with Gasteiger partial charge in [0.25, 0.3) is 0 Å². The summed E-state index contributed by atoms with van der Waals surface area (Å²) >= 11 is 0. The van der Waals surface area contributed by atoms with Crippen molar-refractivity contribution in [1.29, 1.82) is 0 Å². The third-order valence-electron chi connectivity index (χ3n) is 2.09. The Hall–Kier alpha value is -0.940. The number of aromatic nitrogens is 3. The summed E-state index contributed by atoms with van der Waals surface area (Å²) in [7, 11) is 0. The summed E-state index contributed by atoms with van der Waals surface area (Å²) in [5.74, 6) is 0.863. The number of nitrogens with zero attached hydrogens (tertiary/aromatic N) is 3. The van der Waals surface area contributed by atoms with E-state index in [0.29, 0.717) is 19.8 Å². The molecule has 0 amide bonds. The van der Waals surface area contributed by atoms with Gasteiger partial charge in [-0.15, -0.1) is 10.2 Å². The van der Waals surface area contributed by atoms with Gasteiger partial charge in [0, 0.05) is 6.54 Å². The fraction of sp³-hybridized carbons (Fsp3) is 0.750. The molecule has 5 nitrogen and oxygen atoms in total. The van der Waals surface area contributed by atoms with Crippen LogP contribution in [0.2, 0.25) is 0 Å². The van der Waals surface area contributed by atoms with Crippen molar-refractivity contribution in [2.45, 2.75) is 19.6 Å². The van der Waals surface area contributed by atoms with E-state index in [1.165, 1.54) is 0 Å². The lowest BCUT2D eigenvalue weighted by molar-refractivity contribution is -0.0947. The third kappa shape index (κ3) is 1.71. The molecule has 1 atom stereocenters. The quantitative estimate of drug-likeness (QED) is 0.665. The summed E-state index contributed by atoms with van der Waals surface area (Å²) in [6, 6.07) is 0. The molecule has 1 aliphatic rings. The lowest BCUT2D eigenvalue weighted by atomic mass is 10.3. The molecule has 2 heterocycles. The average Bonchev–Trinajstić information content (AvgIpc) is 2.67. The fourth-order valence-electron chi connectivity index (χ4n) is 1.39. The van der Waals surface area contributed by atoms with Crippen LogP contribution in [0.3, 0.4) is 0 Å². The monoisotopic (exact) mass is 183 g/mol. The van der Waals surface area contributed by atoms with Crippen molar-refractivity contribution in [2.24, 2.45) is 0 Å². The molecule has 2 rings (SSSR count). The third-order valence-corrected chi connectivity index (χ3v) is 2.09. The predicted molar refractivity (Wildman–Crippen MR) is 45.2 cm³/mol. The molecule has 1 saturated heterocycles. The molecule has 1 aromatic rings. The normalized spacial score (nSPS) is 23.3. The van der Waals surface area contributed by atoms with Crippen molar-refractivity contribution < 1.29 is 9.47 Å². The van der Waals surface area contributed by atoms with Crippen molar-refractivity contribution >= 4 is 0 Å². The van der Waals surface area contributed by atoms with Crippen LogP contribution >= 0.6 is 0 Å². The highest BCUT2D eigenvalue weighted by Gasteiger charge is 2.21. The van der Waals surface area contributed by atoms with Gasteiger partial charge in [-0.1, -0.05) is 0 Å². The van der Waals surface area contributed by atoms with Crippen LogP contribution in [0.25, 0.3) is 0 Å². The van der Waals surface area contributed by atoms with E-state index in [1.54, 1.807) is 6.33 Å². The van der Waals surface area contributed by atoms with Gasteiger partial charge in [-0.25, -0.2) is 0 Å². The van der Waals surface area contributed by atoms with Gasteiger partial charge in [0.15, 0.2) is 5.82 Å². The molecule has 0 N–H and O–H groups in total. The van der Waals surface area contributed by atoms with E-state index in [0.717, 1.165) is 12.4 Å². The predicted octanol–water partition coefficient (Wildman–Crippen LogP) is 0.386. The van der Waals surface area contributed by atoms with E-state index in [-0.39, 0.29) is 6.10 Å². The highest BCUT2D eigenvalue weighted by molar-refractivity contribution is 4.92. The first-order valence-electron chi connectivity index (χ1n) is 4.49. The van der Waals surface area contributed by atoms with Gasteiger partial charge in [-0.3, -0.25) is 0 Å². The summed E-state index contributed by atoms with van der Waals surface area (Å²) in [5, 5.41) is 7.86. The minimum Gasteiger partial charge on any atom is -0.376 e. The maximum atomic E-state index is 5.52. The van der Waals surface area contributed by atoms with Crippen LogP contribution in [-0.4, -0.2) is 34.6 Å². The van der Waals surface area contributed by atoms with E-state index in [9.17, 15) is 0 Å². The Morgan fingerprint density at radius 3 is 3.23 bits per heavy atom. The molecule has 0 spiro atoms. The van der Waals surface area contributed by atoms with E-state index in [2.05, 4.69) is 17.1 Å². The smallest absolute Gasteiger partial charge is 0.164 e. The summed E-state index contributed by atoms with van der Waals surface area (Å²) < 4.78 is 12.8. The number of ether oxygens (including phenoxy) is 2. The van der Waals surface area contributed by atoms with Gasteiger partial charge in [0.05, 0.1) is 19.8 Å². The number of rotatable bonds is 2. The molecule has 1 aliphatic heterocycles. The Balaban J connectivity index is 2.13. The first-order valence-corrected chi connectivity index (χ1v) is 4.49. The van der Waals surface area contributed by atoms with Gasteiger partial charge in [-0.2, -0.15) is 0 Å². The molecule has 1 unspecified atom stereocenters. The summed E-state index contributed by atoms with van der Waals surface area (Å²) in [6.07, 6.45) is 1.67. The van der Waals surface area contributed by atoms with Crippen LogP contribution in [0.4, 0.5) is 0 Å². The maximum absolute atomic E-state index is 5.52. The van der Waals surface area contributed by atoms with Crippen LogP contribution in [0.1, 0.15) is 18.9 Å². The summed E-state index contributed by atoms with van der Waals surface area (Å²) in [6.45, 7) is 4.81. The zero-order valence-corrected chi connectivity index (χ0v) is 7.64. The van der Waals surface area contributed by atoms with Gasteiger partial charge >= 0.3 is 0 Å². The lowest BCUT2D eigenvalue weighted by Gasteiger charge is -2.22. The standard InChI is InChI=1S/C8H13N3O2/c1-2-11-6-9-10-8(11)7-5-12-3-4-13-7/h6-7H,2-5H2,1H3. The Morgan fingerprint density at radius 1 is 1.62 bits per heavy atom. The second kappa shape index (κ2) is 3.85. The number of aryl methyl sites for hydroxylation is 1. The van der Waals surface area contributed by atoms with E-state index in [1.807, 2.05) is 4.57 Å². The molecule has 1 aromatic heterocycles. The Bertz CT molecular complexity index is 268.